The van der Waals surface area contributed by atoms with Crippen molar-refractivity contribution in [3.05, 3.63) is 81.2 Å². The number of β-amino-alcohol motifs (C(OH)–C–C–N with tert-alkyl or cyclic N) is 1. The standard InChI is InChI=1S/C25H28ClN4O2.BrH/c1-18-23(24(31)30(27(18)2)21-9-5-3-6-10-21)28-17-25(32,19-12-14-20(26)15-13-19)29-16-8-4-7-11-22(28)29;/h3,5-6,9-10,12-15,32H,4,7-8,11,16-17H2,1-2H3;1H/q+1;/p-1. The number of para-hydroxylation sites is 1. The van der Waals surface area contributed by atoms with Gasteiger partial charge in [-0.1, -0.05) is 41.9 Å². The van der Waals surface area contributed by atoms with E-state index >= 15 is 0 Å². The average Bonchev–Trinajstić information content (AvgIpc) is 3.05. The quantitative estimate of drug-likeness (QED) is 0.509. The normalized spacial score (nSPS) is 20.4. The molecule has 2 aromatic carbocycles. The van der Waals surface area contributed by atoms with Gasteiger partial charge in [0.25, 0.3) is 11.6 Å². The number of halogens is 2. The molecule has 1 N–H and O–H groups in total. The summed E-state index contributed by atoms with van der Waals surface area (Å²) in [5.41, 5.74) is 1.83. The van der Waals surface area contributed by atoms with E-state index in [4.69, 9.17) is 11.6 Å². The summed E-state index contributed by atoms with van der Waals surface area (Å²) in [5.74, 6) is 1.02. The van der Waals surface area contributed by atoms with Crippen molar-refractivity contribution in [1.29, 1.82) is 0 Å². The van der Waals surface area contributed by atoms with Gasteiger partial charge in [0.05, 0.1) is 17.9 Å². The molecule has 0 radical (unpaired) electrons. The van der Waals surface area contributed by atoms with Crippen LogP contribution in [0.25, 0.3) is 5.69 Å². The maximum atomic E-state index is 13.7. The summed E-state index contributed by atoms with van der Waals surface area (Å²) >= 11 is 6.11. The van der Waals surface area contributed by atoms with Crippen LogP contribution < -0.4 is 27.4 Å². The first-order valence-electron chi connectivity index (χ1n) is 11.2. The molecule has 2 aliphatic rings. The van der Waals surface area contributed by atoms with Gasteiger partial charge in [0.15, 0.2) is 6.54 Å². The molecule has 33 heavy (non-hydrogen) atoms. The van der Waals surface area contributed by atoms with Crippen molar-refractivity contribution < 1.29 is 26.7 Å². The molecule has 0 spiro atoms. The van der Waals surface area contributed by atoms with Gasteiger partial charge in [0.1, 0.15) is 0 Å². The SMILES string of the molecule is Cc1c(N2CC(O)(c3ccc(Cl)cc3)[N+]3=C2CCCCC3)c(=O)n(-c2ccccc2)n1C.[Br-]. The summed E-state index contributed by atoms with van der Waals surface area (Å²) in [7, 11) is 1.91. The number of aliphatic hydroxyl groups is 1. The smallest absolute Gasteiger partial charge is 0.318 e. The maximum absolute atomic E-state index is 13.7. The van der Waals surface area contributed by atoms with E-state index < -0.39 is 5.72 Å². The molecule has 6 nitrogen and oxygen atoms in total. The van der Waals surface area contributed by atoms with Crippen molar-refractivity contribution in [2.75, 3.05) is 18.0 Å². The average molecular weight is 532 g/mol. The van der Waals surface area contributed by atoms with E-state index in [1.165, 1.54) is 0 Å². The molecule has 3 aromatic rings. The molecular weight excluding hydrogens is 504 g/mol. The van der Waals surface area contributed by atoms with Crippen molar-refractivity contribution in [3.8, 4) is 5.69 Å². The summed E-state index contributed by atoms with van der Waals surface area (Å²) in [6.07, 6.45) is 3.98. The highest BCUT2D eigenvalue weighted by Gasteiger charge is 2.53. The molecule has 1 atom stereocenters. The van der Waals surface area contributed by atoms with Crippen LogP contribution in [0.4, 0.5) is 5.69 Å². The monoisotopic (exact) mass is 530 g/mol. The van der Waals surface area contributed by atoms with E-state index in [1.807, 2.05) is 73.3 Å². The highest BCUT2D eigenvalue weighted by Crippen LogP contribution is 2.36. The number of hydrogen-bond donors (Lipinski definition) is 1. The zero-order valence-electron chi connectivity index (χ0n) is 18.8. The first-order chi connectivity index (χ1) is 15.4. The minimum absolute atomic E-state index is 0. The van der Waals surface area contributed by atoms with Crippen molar-refractivity contribution >= 4 is 23.1 Å². The highest BCUT2D eigenvalue weighted by atomic mass is 79.9. The molecule has 8 heteroatoms. The van der Waals surface area contributed by atoms with E-state index in [0.717, 1.165) is 55.0 Å². The van der Waals surface area contributed by atoms with Gasteiger partial charge < -0.3 is 22.1 Å². The Hall–Kier alpha value is -2.35. The fourth-order valence-corrected chi connectivity index (χ4v) is 5.23. The molecule has 0 aliphatic carbocycles. The molecule has 1 aromatic heterocycles. The lowest BCUT2D eigenvalue weighted by molar-refractivity contribution is -0.658. The number of aromatic nitrogens is 2. The van der Waals surface area contributed by atoms with Crippen molar-refractivity contribution in [2.45, 2.75) is 38.3 Å². The molecule has 0 saturated heterocycles. The Kier molecular flexibility index (Phi) is 6.58. The topological polar surface area (TPSA) is 53.4 Å². The predicted molar refractivity (Wildman–Crippen MR) is 127 cm³/mol. The highest BCUT2D eigenvalue weighted by molar-refractivity contribution is 6.30. The van der Waals surface area contributed by atoms with Crippen LogP contribution in [0.15, 0.2) is 59.4 Å². The molecule has 0 amide bonds. The van der Waals surface area contributed by atoms with Crippen molar-refractivity contribution in [1.82, 2.24) is 9.36 Å². The lowest BCUT2D eigenvalue weighted by atomic mass is 10.0. The van der Waals surface area contributed by atoms with Crippen LogP contribution in [0.3, 0.4) is 0 Å². The van der Waals surface area contributed by atoms with Gasteiger partial charge in [-0.25, -0.2) is 14.2 Å². The van der Waals surface area contributed by atoms with Crippen LogP contribution in [0.1, 0.15) is 36.9 Å². The summed E-state index contributed by atoms with van der Waals surface area (Å²) in [5, 5.41) is 12.6. The Morgan fingerprint density at radius 2 is 1.73 bits per heavy atom. The van der Waals surface area contributed by atoms with Gasteiger partial charge in [-0.2, -0.15) is 0 Å². The van der Waals surface area contributed by atoms with Gasteiger partial charge in [-0.05, 0) is 50.5 Å². The van der Waals surface area contributed by atoms with Crippen molar-refractivity contribution in [2.24, 2.45) is 7.05 Å². The summed E-state index contributed by atoms with van der Waals surface area (Å²) in [6.45, 7) is 3.03. The van der Waals surface area contributed by atoms with E-state index in [9.17, 15) is 9.90 Å². The molecule has 3 heterocycles. The first-order valence-corrected chi connectivity index (χ1v) is 11.5. The Labute approximate surface area is 209 Å². The van der Waals surface area contributed by atoms with Crippen molar-refractivity contribution in [3.63, 3.8) is 0 Å². The number of hydrogen-bond acceptors (Lipinski definition) is 3. The third-order valence-corrected chi connectivity index (χ3v) is 7.08. The number of benzene rings is 2. The molecule has 5 rings (SSSR count). The summed E-state index contributed by atoms with van der Waals surface area (Å²) < 4.78 is 5.70. The second-order valence-corrected chi connectivity index (χ2v) is 9.13. The molecule has 1 unspecified atom stereocenters. The predicted octanol–water partition coefficient (Wildman–Crippen LogP) is 0.792. The second-order valence-electron chi connectivity index (χ2n) is 8.70. The lowest BCUT2D eigenvalue weighted by Crippen LogP contribution is -3.00. The maximum Gasteiger partial charge on any atom is 0.318 e. The third kappa shape index (κ3) is 3.86. The molecule has 0 saturated carbocycles. The minimum atomic E-state index is -1.21. The second kappa shape index (κ2) is 9.12. The number of amidine groups is 1. The zero-order valence-corrected chi connectivity index (χ0v) is 21.2. The molecule has 0 fully saturated rings. The summed E-state index contributed by atoms with van der Waals surface area (Å²) in [6, 6.07) is 17.1. The fourth-order valence-electron chi connectivity index (χ4n) is 5.11. The van der Waals surface area contributed by atoms with Gasteiger partial charge in [0, 0.05) is 24.1 Å². The van der Waals surface area contributed by atoms with E-state index in [2.05, 4.69) is 9.48 Å². The minimum Gasteiger partial charge on any atom is -1.00 e. The largest absolute Gasteiger partial charge is 1.00 e. The molecule has 2 aliphatic heterocycles. The molecular formula is C25H28BrClN4O2. The number of nitrogens with zero attached hydrogens (tertiary/aromatic N) is 4. The fraction of sp³-hybridized carbons (Fsp3) is 0.360. The Bertz CT molecular complexity index is 1250. The Morgan fingerprint density at radius 3 is 2.42 bits per heavy atom. The van der Waals surface area contributed by atoms with Crippen LogP contribution >= 0.6 is 11.6 Å². The van der Waals surface area contributed by atoms with E-state index in [-0.39, 0.29) is 22.5 Å². The van der Waals surface area contributed by atoms with Gasteiger partial charge >= 0.3 is 5.56 Å². The Morgan fingerprint density at radius 1 is 1.03 bits per heavy atom. The number of anilines is 1. The van der Waals surface area contributed by atoms with E-state index in [1.54, 1.807) is 4.68 Å². The van der Waals surface area contributed by atoms with Crippen LogP contribution in [-0.2, 0) is 12.8 Å². The molecule has 0 bridgehead atoms. The van der Waals surface area contributed by atoms with Gasteiger partial charge in [-0.3, -0.25) is 9.48 Å². The van der Waals surface area contributed by atoms with Gasteiger partial charge in [-0.15, -0.1) is 0 Å². The zero-order chi connectivity index (χ0) is 22.5. The van der Waals surface area contributed by atoms with Crippen LogP contribution in [0.2, 0.25) is 5.02 Å². The number of rotatable bonds is 3. The first kappa shape index (κ1) is 23.8. The van der Waals surface area contributed by atoms with Gasteiger partial charge in [0.2, 0.25) is 5.69 Å². The van der Waals surface area contributed by atoms with Crippen LogP contribution in [0, 0.1) is 6.92 Å². The summed E-state index contributed by atoms with van der Waals surface area (Å²) in [4.78, 5) is 15.8. The van der Waals surface area contributed by atoms with Crippen LogP contribution in [0.5, 0.6) is 0 Å². The van der Waals surface area contributed by atoms with Crippen LogP contribution in [-0.4, -0.2) is 38.0 Å². The molecule has 174 valence electrons. The Balaban J connectivity index is 0.00000259. The third-order valence-electron chi connectivity index (χ3n) is 6.83. The van der Waals surface area contributed by atoms with E-state index in [0.29, 0.717) is 17.3 Å². The lowest BCUT2D eigenvalue weighted by Gasteiger charge is -2.23.